The molecule has 4 aromatic carbocycles. The van der Waals surface area contributed by atoms with E-state index in [-0.39, 0.29) is 12.2 Å². The van der Waals surface area contributed by atoms with E-state index in [0.29, 0.717) is 36.5 Å². The van der Waals surface area contributed by atoms with E-state index in [1.54, 1.807) is 0 Å². The average molecular weight is 523 g/mol. The predicted octanol–water partition coefficient (Wildman–Crippen LogP) is 6.23. The third-order valence-corrected chi connectivity index (χ3v) is 6.60. The standard InChI is InChI=1S/C31H26N2O6/c1-19-10-30(38-26-8-4-20-11-24(6-2-22(20)13-26)34-15-28-17-36-28)32-33-31(19)39-27-9-5-21-12-25(7-3-23(21)14-27)35-16-29-18-37-29/h2-14,28-29H,15-18H2,1H3. The van der Waals surface area contributed by atoms with Gasteiger partial charge in [0.15, 0.2) is 0 Å². The molecule has 2 unspecified atom stereocenters. The van der Waals surface area contributed by atoms with Crippen LogP contribution >= 0.6 is 0 Å². The summed E-state index contributed by atoms with van der Waals surface area (Å²) in [6, 6.07) is 25.5. The normalized spacial score (nSPS) is 17.7. The van der Waals surface area contributed by atoms with Gasteiger partial charge in [0.25, 0.3) is 0 Å². The van der Waals surface area contributed by atoms with Crippen LogP contribution < -0.4 is 18.9 Å². The molecule has 196 valence electrons. The number of aryl methyl sites for hydroxylation is 1. The van der Waals surface area contributed by atoms with E-state index in [1.807, 2.05) is 85.8 Å². The zero-order valence-corrected chi connectivity index (χ0v) is 21.3. The van der Waals surface area contributed by atoms with Crippen LogP contribution in [0.5, 0.6) is 34.8 Å². The van der Waals surface area contributed by atoms with Gasteiger partial charge in [-0.25, -0.2) is 0 Å². The summed E-state index contributed by atoms with van der Waals surface area (Å²) in [5.74, 6) is 3.82. The zero-order valence-electron chi connectivity index (χ0n) is 21.3. The first-order valence-electron chi connectivity index (χ1n) is 12.9. The van der Waals surface area contributed by atoms with Crippen LogP contribution in [0.1, 0.15) is 5.56 Å². The first kappa shape index (κ1) is 23.7. The van der Waals surface area contributed by atoms with E-state index < -0.39 is 0 Å². The Labute approximate surface area is 225 Å². The van der Waals surface area contributed by atoms with E-state index in [1.165, 1.54) is 0 Å². The smallest absolute Gasteiger partial charge is 0.242 e. The second-order valence-corrected chi connectivity index (χ2v) is 9.75. The van der Waals surface area contributed by atoms with Crippen LogP contribution in [-0.2, 0) is 9.47 Å². The number of nitrogens with zero attached hydrogens (tertiary/aromatic N) is 2. The molecule has 2 aliphatic heterocycles. The van der Waals surface area contributed by atoms with Gasteiger partial charge >= 0.3 is 0 Å². The molecule has 0 radical (unpaired) electrons. The minimum Gasteiger partial charge on any atom is -0.491 e. The van der Waals surface area contributed by atoms with Crippen LogP contribution in [0, 0.1) is 6.92 Å². The summed E-state index contributed by atoms with van der Waals surface area (Å²) in [5, 5.41) is 12.7. The van der Waals surface area contributed by atoms with Gasteiger partial charge < -0.3 is 28.4 Å². The summed E-state index contributed by atoms with van der Waals surface area (Å²) < 4.78 is 34.0. The molecule has 0 bridgehead atoms. The van der Waals surface area contributed by atoms with Crippen molar-refractivity contribution >= 4 is 21.5 Å². The van der Waals surface area contributed by atoms with Gasteiger partial charge in [-0.1, -0.05) is 24.3 Å². The molecule has 1 aromatic heterocycles. The molecule has 7 rings (SSSR count). The van der Waals surface area contributed by atoms with Gasteiger partial charge in [0.2, 0.25) is 11.8 Å². The molecule has 0 N–H and O–H groups in total. The molecule has 0 saturated carbocycles. The highest BCUT2D eigenvalue weighted by Crippen LogP contribution is 2.31. The van der Waals surface area contributed by atoms with E-state index in [0.717, 1.165) is 51.8 Å². The minimum absolute atomic E-state index is 0.229. The van der Waals surface area contributed by atoms with Gasteiger partial charge in [-0.15, -0.1) is 10.2 Å². The number of fused-ring (bicyclic) bond motifs is 2. The van der Waals surface area contributed by atoms with E-state index >= 15 is 0 Å². The monoisotopic (exact) mass is 522 g/mol. The number of ether oxygens (including phenoxy) is 6. The van der Waals surface area contributed by atoms with Crippen molar-refractivity contribution in [3.8, 4) is 34.8 Å². The van der Waals surface area contributed by atoms with Crippen LogP contribution in [0.15, 0.2) is 78.9 Å². The highest BCUT2D eigenvalue weighted by molar-refractivity contribution is 5.86. The molecule has 0 aliphatic carbocycles. The molecule has 2 atom stereocenters. The topological polar surface area (TPSA) is 87.8 Å². The lowest BCUT2D eigenvalue weighted by Crippen LogP contribution is -2.03. The molecule has 2 fully saturated rings. The van der Waals surface area contributed by atoms with E-state index in [2.05, 4.69) is 10.2 Å². The Hall–Kier alpha value is -4.40. The Kier molecular flexibility index (Phi) is 6.11. The molecule has 8 nitrogen and oxygen atoms in total. The van der Waals surface area contributed by atoms with Crippen molar-refractivity contribution in [3.63, 3.8) is 0 Å². The highest BCUT2D eigenvalue weighted by Gasteiger charge is 2.23. The first-order chi connectivity index (χ1) is 19.1. The average Bonchev–Trinajstić information content (AvgIpc) is 3.88. The van der Waals surface area contributed by atoms with E-state index in [4.69, 9.17) is 28.4 Å². The summed E-state index contributed by atoms with van der Waals surface area (Å²) >= 11 is 0. The lowest BCUT2D eigenvalue weighted by atomic mass is 10.1. The second kappa shape index (κ2) is 10.1. The Bertz CT molecular complexity index is 1660. The predicted molar refractivity (Wildman–Crippen MR) is 145 cm³/mol. The maximum Gasteiger partial charge on any atom is 0.242 e. The minimum atomic E-state index is 0.229. The van der Waals surface area contributed by atoms with Crippen molar-refractivity contribution < 1.29 is 28.4 Å². The maximum atomic E-state index is 6.05. The number of rotatable bonds is 10. The van der Waals surface area contributed by atoms with Gasteiger partial charge in [-0.05, 0) is 77.0 Å². The highest BCUT2D eigenvalue weighted by atomic mass is 16.6. The number of benzene rings is 4. The summed E-state index contributed by atoms with van der Waals surface area (Å²) in [7, 11) is 0. The van der Waals surface area contributed by atoms with Crippen LogP contribution in [0.25, 0.3) is 21.5 Å². The second-order valence-electron chi connectivity index (χ2n) is 9.75. The van der Waals surface area contributed by atoms with Crippen molar-refractivity contribution in [3.05, 3.63) is 84.4 Å². The maximum absolute atomic E-state index is 6.05. The van der Waals surface area contributed by atoms with Crippen molar-refractivity contribution in [1.82, 2.24) is 10.2 Å². The number of epoxide rings is 2. The van der Waals surface area contributed by atoms with Crippen molar-refractivity contribution in [2.45, 2.75) is 19.1 Å². The Morgan fingerprint density at radius 2 is 1.08 bits per heavy atom. The molecule has 2 saturated heterocycles. The zero-order chi connectivity index (χ0) is 26.2. The SMILES string of the molecule is Cc1cc(Oc2ccc3cc(OCC4CO4)ccc3c2)nnc1Oc1ccc2cc(OCC3CO3)ccc2c1. The van der Waals surface area contributed by atoms with Crippen molar-refractivity contribution in [2.24, 2.45) is 0 Å². The van der Waals surface area contributed by atoms with Gasteiger partial charge in [-0.2, -0.15) is 0 Å². The van der Waals surface area contributed by atoms with Gasteiger partial charge in [0.1, 0.15) is 48.4 Å². The molecule has 2 aliphatic rings. The Morgan fingerprint density at radius 3 is 1.56 bits per heavy atom. The molecule has 0 amide bonds. The van der Waals surface area contributed by atoms with Crippen LogP contribution in [-0.4, -0.2) is 48.8 Å². The Balaban J connectivity index is 1.01. The molecule has 3 heterocycles. The quantitative estimate of drug-likeness (QED) is 0.200. The fraction of sp³-hybridized carbons (Fsp3) is 0.226. The number of aromatic nitrogens is 2. The molecule has 5 aromatic rings. The van der Waals surface area contributed by atoms with Crippen LogP contribution in [0.2, 0.25) is 0 Å². The third kappa shape index (κ3) is 5.72. The lowest BCUT2D eigenvalue weighted by Gasteiger charge is -2.11. The van der Waals surface area contributed by atoms with Crippen LogP contribution in [0.4, 0.5) is 0 Å². The van der Waals surface area contributed by atoms with E-state index in [9.17, 15) is 0 Å². The summed E-state index contributed by atoms with van der Waals surface area (Å²) in [4.78, 5) is 0. The third-order valence-electron chi connectivity index (χ3n) is 6.60. The fourth-order valence-electron chi connectivity index (χ4n) is 4.25. The molecule has 39 heavy (non-hydrogen) atoms. The number of hydrogen-bond donors (Lipinski definition) is 0. The van der Waals surface area contributed by atoms with Gasteiger partial charge in [-0.3, -0.25) is 0 Å². The Morgan fingerprint density at radius 1 is 0.615 bits per heavy atom. The summed E-state index contributed by atoms with van der Waals surface area (Å²) in [6.45, 7) is 4.64. The molecular formula is C31H26N2O6. The van der Waals surface area contributed by atoms with Gasteiger partial charge in [0, 0.05) is 11.6 Å². The fourth-order valence-corrected chi connectivity index (χ4v) is 4.25. The largest absolute Gasteiger partial charge is 0.491 e. The van der Waals surface area contributed by atoms with Crippen LogP contribution in [0.3, 0.4) is 0 Å². The first-order valence-corrected chi connectivity index (χ1v) is 12.9. The van der Waals surface area contributed by atoms with Crippen molar-refractivity contribution in [2.75, 3.05) is 26.4 Å². The molecule has 0 spiro atoms. The van der Waals surface area contributed by atoms with Gasteiger partial charge in [0.05, 0.1) is 13.2 Å². The summed E-state index contributed by atoms with van der Waals surface area (Å²) in [5.41, 5.74) is 0.813. The summed E-state index contributed by atoms with van der Waals surface area (Å²) in [6.07, 6.45) is 0.457. The molecular weight excluding hydrogens is 496 g/mol. The molecule has 8 heteroatoms. The van der Waals surface area contributed by atoms with Crippen molar-refractivity contribution in [1.29, 1.82) is 0 Å². The lowest BCUT2D eigenvalue weighted by molar-refractivity contribution is 0.263. The number of hydrogen-bond acceptors (Lipinski definition) is 8.